The number of nitrogens with two attached hydrogens (primary N) is 9. The van der Waals surface area contributed by atoms with Crippen LogP contribution in [-0.4, -0.2) is 244 Å². The molecule has 0 fully saturated rings. The van der Waals surface area contributed by atoms with Gasteiger partial charge < -0.3 is 136 Å². The van der Waals surface area contributed by atoms with Gasteiger partial charge in [-0.2, -0.15) is 12.6 Å². The van der Waals surface area contributed by atoms with Gasteiger partial charge in [0.15, 0.2) is 82.4 Å². The number of hydrogen-bond acceptors (Lipinski definition) is 24. The van der Waals surface area contributed by atoms with Crippen LogP contribution < -0.4 is 131 Å². The van der Waals surface area contributed by atoms with E-state index in [1.54, 1.807) is 24.3 Å². The highest BCUT2D eigenvalue weighted by molar-refractivity contribution is 7.80. The maximum atomic E-state index is 15.2. The molecule has 47 nitrogen and oxygen atoms in total. The summed E-state index contributed by atoms with van der Waals surface area (Å²) in [4.78, 5) is 196. The molecule has 688 valence electrons. The summed E-state index contributed by atoms with van der Waals surface area (Å²) in [6.45, 7) is 2.30. The Morgan fingerprint density at radius 1 is 0.333 bits per heavy atom. The molecule has 48 heteroatoms. The molecule has 123 heavy (non-hydrogen) atoms. The summed E-state index contributed by atoms with van der Waals surface area (Å²) < 4.78 is 5.44. The van der Waals surface area contributed by atoms with E-state index in [0.717, 1.165) is 0 Å². The van der Waals surface area contributed by atoms with Crippen LogP contribution in [0.5, 0.6) is 0 Å². The van der Waals surface area contributed by atoms with Gasteiger partial charge in [-0.25, -0.2) is 0 Å². The molecule has 0 aliphatic rings. The van der Waals surface area contributed by atoms with E-state index in [-0.39, 0.29) is 198 Å². The van der Waals surface area contributed by atoms with Gasteiger partial charge in [0.1, 0.15) is 12.6 Å². The van der Waals surface area contributed by atoms with Crippen molar-refractivity contribution in [2.45, 2.75) is 198 Å². The fraction of sp³-hybridized carbons (Fsp3) is 0.627. The van der Waals surface area contributed by atoms with Crippen molar-refractivity contribution in [2.75, 3.05) is 77.9 Å². The number of nitrogens with one attached hydrogen (secondary N) is 23. The lowest BCUT2D eigenvalue weighted by atomic mass is 9.88. The van der Waals surface area contributed by atoms with Crippen LogP contribution >= 0.6 is 12.6 Å². The van der Waals surface area contributed by atoms with Crippen molar-refractivity contribution in [1.29, 1.82) is 43.3 Å². The van der Waals surface area contributed by atoms with Crippen molar-refractivity contribution in [2.24, 2.45) is 75.3 Å². The number of carbonyl (C=O) groups is 14. The first-order valence-corrected chi connectivity index (χ1v) is 41.1. The van der Waals surface area contributed by atoms with E-state index in [0.29, 0.717) is 11.1 Å². The van der Waals surface area contributed by atoms with Crippen LogP contribution in [0.1, 0.15) is 171 Å². The summed E-state index contributed by atoms with van der Waals surface area (Å²) in [7, 11) is 0. The molecular weight excluding hydrogens is 1620 g/mol. The SMILES string of the molecule is CC(=O)NCCOCC(=O)NC(Cc1ccc(C(C)=O)cc1)C(=O)C[C@H](CCCNC(=N)N)C(=O)N[C@H](CCCNC(=N)N)C(=O)C[C@H](CCCNC(=N)N)C(=O)N[C@H](CCCNC(=N)N)C(=O)C[C@H](CCCNC(=N)N)C(=O)N[C@H](CCCNC(=N)N)C(=O)C[C@H](CCCNC(=N)N)C(=O)N[C@H](CCCNC(=N)N)C(=O)CCC(=O)N[C@H](CS)C(N)=O. The second kappa shape index (κ2) is 61.7. The van der Waals surface area contributed by atoms with Crippen LogP contribution in [0.3, 0.4) is 0 Å². The Labute approximate surface area is 720 Å². The molecule has 0 aliphatic carbocycles. The smallest absolute Gasteiger partial charge is 0.246 e. The van der Waals surface area contributed by atoms with E-state index in [1.165, 1.54) is 13.8 Å². The minimum atomic E-state index is -1.48. The standard InChI is InChI=1S/C75H132N32O15S/c1-42(108)45-21-19-44(20-22-45)35-54(102-62(116)40-122-34-33-93-43(2)109)60(114)39-49(14-6-28-97-71(83)84)67(121)107-53(18-10-32-101-75(91)92)59(113)38-48(13-5-27-96-70(81)82)66(120)106-52(17-9-31-100-74(89)90)58(112)37-47(12-4-26-95-69(79)80)65(119)105-51(16-8-30-99-73(87)88)57(111)36-46(11-3-25-94-68(77)78)64(118)104-50(15-7-29-98-72(85)86)56(110)23-24-61(115)103-55(41-123)63(76)117/h19-22,46-55,123H,3-18,23-41H2,1-2H3,(H2,76,117)(H,93,109)(H,102,116)(H,103,115)(H,104,118)(H,105,119)(H,106,120)(H,107,121)(H4,77,78,94)(H4,79,80,95)(H4,81,82,96)(H4,83,84,97)(H4,85,86,98)(H4,87,88,99)(H4,89,90,100)(H4,91,92,101)/t46-,47-,48-,49-,50+,51+,52+,53+,54?,55+/m0/s1. The summed E-state index contributed by atoms with van der Waals surface area (Å²) >= 11 is 4.03. The Bertz CT molecular complexity index is 3740. The fourth-order valence-electron chi connectivity index (χ4n) is 12.6. The molecule has 1 aromatic carbocycles. The maximum absolute atomic E-state index is 15.2. The zero-order chi connectivity index (χ0) is 92.5. The van der Waals surface area contributed by atoms with Crippen LogP contribution in [-0.2, 0) is 73.5 Å². The van der Waals surface area contributed by atoms with E-state index in [2.05, 4.69) is 92.4 Å². The van der Waals surface area contributed by atoms with E-state index >= 15 is 19.2 Å². The molecule has 0 saturated carbocycles. The third-order valence-electron chi connectivity index (χ3n) is 19.1. The Hall–Kier alpha value is -12.5. The molecule has 1 unspecified atom stereocenters. The predicted octanol–water partition coefficient (Wildman–Crippen LogP) is -6.33. The molecular formula is C75H132N32O15S. The van der Waals surface area contributed by atoms with E-state index in [4.69, 9.17) is 99.6 Å². The monoisotopic (exact) mass is 1750 g/mol. The van der Waals surface area contributed by atoms with Gasteiger partial charge in [-0.1, -0.05) is 24.3 Å². The highest BCUT2D eigenvalue weighted by Gasteiger charge is 2.37. The molecule has 0 saturated heterocycles. The van der Waals surface area contributed by atoms with Gasteiger partial charge in [0.05, 0.1) is 36.8 Å². The summed E-state index contributed by atoms with van der Waals surface area (Å²) in [6.07, 6.45) is -3.76. The topological polar surface area (TPSA) is 854 Å². The number of ketones is 6. The van der Waals surface area contributed by atoms with Crippen molar-refractivity contribution in [1.82, 2.24) is 79.8 Å². The van der Waals surface area contributed by atoms with Crippen molar-refractivity contribution in [3.63, 3.8) is 0 Å². The van der Waals surface area contributed by atoms with E-state index < -0.39 is 217 Å². The minimum Gasteiger partial charge on any atom is -0.370 e. The summed E-state index contributed by atoms with van der Waals surface area (Å²) in [5.74, 6) is -18.5. The number of rotatable bonds is 68. The number of carbonyl (C=O) groups excluding carboxylic acids is 14. The third-order valence-corrected chi connectivity index (χ3v) is 19.4. The van der Waals surface area contributed by atoms with Crippen molar-refractivity contribution in [3.05, 3.63) is 35.4 Å². The summed E-state index contributed by atoms with van der Waals surface area (Å²) in [5.41, 5.74) is 50.9. The second-order valence-corrected chi connectivity index (χ2v) is 29.7. The van der Waals surface area contributed by atoms with Crippen LogP contribution in [0.4, 0.5) is 0 Å². The van der Waals surface area contributed by atoms with Crippen molar-refractivity contribution in [3.8, 4) is 0 Å². The predicted molar refractivity (Wildman–Crippen MR) is 464 cm³/mol. The Kier molecular flexibility index (Phi) is 54.4. The van der Waals surface area contributed by atoms with Crippen molar-refractivity contribution >= 4 is 142 Å². The lowest BCUT2D eigenvalue weighted by Crippen LogP contribution is -2.49. The number of thiol groups is 1. The number of hydrogen-bond donors (Lipinski definition) is 33. The fourth-order valence-corrected chi connectivity index (χ4v) is 12.9. The minimum absolute atomic E-state index is 0.000303. The molecule has 8 amide bonds. The number of primary amides is 1. The number of benzene rings is 1. The second-order valence-electron chi connectivity index (χ2n) is 29.4. The van der Waals surface area contributed by atoms with Gasteiger partial charge in [0, 0.05) is 139 Å². The van der Waals surface area contributed by atoms with Crippen LogP contribution in [0, 0.1) is 66.9 Å². The van der Waals surface area contributed by atoms with E-state index in [9.17, 15) is 47.9 Å². The molecule has 0 spiro atoms. The van der Waals surface area contributed by atoms with Gasteiger partial charge in [-0.05, 0) is 122 Å². The Morgan fingerprint density at radius 3 is 0.878 bits per heavy atom. The quantitative estimate of drug-likeness (QED) is 0.00948. The Morgan fingerprint density at radius 2 is 0.610 bits per heavy atom. The first kappa shape index (κ1) is 108. The largest absolute Gasteiger partial charge is 0.370 e. The van der Waals surface area contributed by atoms with Crippen LogP contribution in [0.2, 0.25) is 0 Å². The number of ether oxygens (including phenoxy) is 1. The Balaban J connectivity index is 4.15. The van der Waals surface area contributed by atoms with Gasteiger partial charge in [0.25, 0.3) is 0 Å². The van der Waals surface area contributed by atoms with Crippen molar-refractivity contribution < 1.29 is 71.9 Å². The molecule has 0 aromatic heterocycles. The molecule has 41 N–H and O–H groups in total. The summed E-state index contributed by atoms with van der Waals surface area (Å²) in [5, 5.41) is 102. The molecule has 0 heterocycles. The van der Waals surface area contributed by atoms with Gasteiger partial charge in [0.2, 0.25) is 47.3 Å². The molecule has 1 rings (SSSR count). The van der Waals surface area contributed by atoms with Crippen LogP contribution in [0.15, 0.2) is 24.3 Å². The lowest BCUT2D eigenvalue weighted by Gasteiger charge is -2.27. The highest BCUT2D eigenvalue weighted by Crippen LogP contribution is 2.24. The molecule has 10 atom stereocenters. The average Bonchev–Trinajstić information content (AvgIpc) is 0.855. The normalized spacial score (nSPS) is 13.2. The van der Waals surface area contributed by atoms with Crippen LogP contribution in [0.25, 0.3) is 0 Å². The molecule has 0 aliphatic heterocycles. The first-order valence-electron chi connectivity index (χ1n) is 40.5. The zero-order valence-electron chi connectivity index (χ0n) is 70.1. The molecule has 1 aromatic rings. The molecule has 0 bridgehead atoms. The highest BCUT2D eigenvalue weighted by atomic mass is 32.1. The van der Waals surface area contributed by atoms with Gasteiger partial charge in [-0.15, -0.1) is 0 Å². The average molecular weight is 1750 g/mol. The molecule has 0 radical (unpaired) electrons. The van der Waals surface area contributed by atoms with Gasteiger partial charge in [-0.3, -0.25) is 110 Å². The third kappa shape index (κ3) is 51.6. The summed E-state index contributed by atoms with van der Waals surface area (Å²) in [6, 6.07) is -1.86. The zero-order valence-corrected chi connectivity index (χ0v) is 71.0. The number of guanidine groups is 8. The number of Topliss-reactive ketones (excluding diaryl/α,β-unsaturated/α-hetero) is 6. The van der Waals surface area contributed by atoms with Gasteiger partial charge >= 0.3 is 0 Å². The van der Waals surface area contributed by atoms with E-state index in [1.807, 2.05) is 0 Å². The number of amides is 8. The maximum Gasteiger partial charge on any atom is 0.246 e. The lowest BCUT2D eigenvalue weighted by molar-refractivity contribution is -0.136. The first-order chi connectivity index (χ1) is 58.1.